The third kappa shape index (κ3) is 1.69. The number of rotatable bonds is 1. The minimum Gasteiger partial charge on any atom is -0.303 e. The van der Waals surface area contributed by atoms with Gasteiger partial charge in [0.1, 0.15) is 6.29 Å². The zero-order valence-corrected chi connectivity index (χ0v) is 6.63. The summed E-state index contributed by atoms with van der Waals surface area (Å²) in [7, 11) is 0. The molecule has 0 N–H and O–H groups in total. The molecule has 10 heavy (non-hydrogen) atoms. The van der Waals surface area contributed by atoms with E-state index >= 15 is 0 Å². The summed E-state index contributed by atoms with van der Waals surface area (Å²) >= 11 is 0. The van der Waals surface area contributed by atoms with Gasteiger partial charge >= 0.3 is 0 Å². The maximum absolute atomic E-state index is 10.4. The Hall–Kier alpha value is -0.590. The molecule has 1 aliphatic rings. The summed E-state index contributed by atoms with van der Waals surface area (Å²) in [6.45, 7) is 4.40. The average molecular weight is 138 g/mol. The molecule has 1 rings (SSSR count). The Balaban J connectivity index is 2.62. The van der Waals surface area contributed by atoms with E-state index in [-0.39, 0.29) is 5.92 Å². The lowest BCUT2D eigenvalue weighted by Crippen LogP contribution is -2.19. The first-order valence-electron chi connectivity index (χ1n) is 3.76. The molecule has 0 saturated heterocycles. The molecule has 56 valence electrons. The lowest BCUT2D eigenvalue weighted by molar-refractivity contribution is -0.110. The van der Waals surface area contributed by atoms with Gasteiger partial charge in [0.15, 0.2) is 0 Å². The molecule has 0 fully saturated rings. The number of allylic oxidation sites excluding steroid dienone is 2. The topological polar surface area (TPSA) is 17.1 Å². The predicted molar refractivity (Wildman–Crippen MR) is 41.7 cm³/mol. The van der Waals surface area contributed by atoms with Crippen LogP contribution in [0, 0.1) is 11.3 Å². The molecule has 1 nitrogen and oxygen atoms in total. The number of hydrogen-bond acceptors (Lipinski definition) is 1. The van der Waals surface area contributed by atoms with Crippen LogP contribution in [0.1, 0.15) is 26.7 Å². The number of carbonyl (C=O) groups excluding carboxylic acids is 1. The summed E-state index contributed by atoms with van der Waals surface area (Å²) in [6, 6.07) is 0. The largest absolute Gasteiger partial charge is 0.303 e. The van der Waals surface area contributed by atoms with Crippen LogP contribution in [0.5, 0.6) is 0 Å². The second-order valence-corrected chi connectivity index (χ2v) is 3.80. The minimum absolute atomic E-state index is 0.170. The van der Waals surface area contributed by atoms with Gasteiger partial charge in [-0.1, -0.05) is 26.0 Å². The molecule has 0 aromatic rings. The van der Waals surface area contributed by atoms with Crippen LogP contribution in [0.2, 0.25) is 0 Å². The van der Waals surface area contributed by atoms with E-state index in [1.807, 2.05) is 6.08 Å². The van der Waals surface area contributed by atoms with E-state index in [9.17, 15) is 4.79 Å². The first kappa shape index (κ1) is 7.52. The van der Waals surface area contributed by atoms with E-state index in [0.29, 0.717) is 5.41 Å². The smallest absolute Gasteiger partial charge is 0.126 e. The third-order valence-corrected chi connectivity index (χ3v) is 2.02. The van der Waals surface area contributed by atoms with Crippen molar-refractivity contribution in [2.24, 2.45) is 11.3 Å². The lowest BCUT2D eigenvalue weighted by Gasteiger charge is -2.28. The van der Waals surface area contributed by atoms with Crippen LogP contribution in [-0.2, 0) is 4.79 Å². The first-order chi connectivity index (χ1) is 4.64. The molecule has 1 heteroatoms. The van der Waals surface area contributed by atoms with Gasteiger partial charge in [-0.2, -0.15) is 0 Å². The van der Waals surface area contributed by atoms with Gasteiger partial charge in [0, 0.05) is 5.92 Å². The van der Waals surface area contributed by atoms with Crippen molar-refractivity contribution in [2.75, 3.05) is 0 Å². The summed E-state index contributed by atoms with van der Waals surface area (Å²) < 4.78 is 0. The summed E-state index contributed by atoms with van der Waals surface area (Å²) in [5.41, 5.74) is 0.334. The standard InChI is InChI=1S/C9H14O/c1-9(2)5-3-4-8(6-9)7-10/h3-4,7-8H,5-6H2,1-2H3. The van der Waals surface area contributed by atoms with Gasteiger partial charge in [-0.05, 0) is 18.3 Å². The van der Waals surface area contributed by atoms with Crippen molar-refractivity contribution >= 4 is 6.29 Å². The lowest BCUT2D eigenvalue weighted by atomic mass is 9.77. The highest BCUT2D eigenvalue weighted by atomic mass is 16.1. The molecular formula is C9H14O. The van der Waals surface area contributed by atoms with Gasteiger partial charge in [-0.25, -0.2) is 0 Å². The van der Waals surface area contributed by atoms with Crippen LogP contribution >= 0.6 is 0 Å². The molecule has 0 aliphatic heterocycles. The second kappa shape index (κ2) is 2.57. The zero-order chi connectivity index (χ0) is 7.61. The van der Waals surface area contributed by atoms with E-state index < -0.39 is 0 Å². The molecular weight excluding hydrogens is 124 g/mol. The zero-order valence-electron chi connectivity index (χ0n) is 6.63. The fourth-order valence-electron chi connectivity index (χ4n) is 1.44. The SMILES string of the molecule is CC1(C)CC=CC(C=O)C1. The van der Waals surface area contributed by atoms with Crippen molar-refractivity contribution in [3.8, 4) is 0 Å². The van der Waals surface area contributed by atoms with Crippen molar-refractivity contribution in [1.82, 2.24) is 0 Å². The maximum atomic E-state index is 10.4. The Morgan fingerprint density at radius 2 is 2.30 bits per heavy atom. The van der Waals surface area contributed by atoms with Crippen LogP contribution < -0.4 is 0 Å². The summed E-state index contributed by atoms with van der Waals surface area (Å²) in [5, 5.41) is 0. The Bertz CT molecular complexity index is 156. The van der Waals surface area contributed by atoms with E-state index in [0.717, 1.165) is 19.1 Å². The van der Waals surface area contributed by atoms with Gasteiger partial charge < -0.3 is 4.79 Å². The van der Waals surface area contributed by atoms with Crippen molar-refractivity contribution in [3.63, 3.8) is 0 Å². The highest BCUT2D eigenvalue weighted by molar-refractivity contribution is 5.57. The van der Waals surface area contributed by atoms with Crippen LogP contribution in [0.3, 0.4) is 0 Å². The number of aldehydes is 1. The fourth-order valence-corrected chi connectivity index (χ4v) is 1.44. The van der Waals surface area contributed by atoms with Crippen LogP contribution in [0.25, 0.3) is 0 Å². The van der Waals surface area contributed by atoms with Crippen LogP contribution in [0.15, 0.2) is 12.2 Å². The Kier molecular flexibility index (Phi) is 1.93. The number of carbonyl (C=O) groups is 1. The molecule has 1 aliphatic carbocycles. The third-order valence-electron chi connectivity index (χ3n) is 2.02. The van der Waals surface area contributed by atoms with Gasteiger partial charge in [0.05, 0.1) is 0 Å². The fraction of sp³-hybridized carbons (Fsp3) is 0.667. The molecule has 0 amide bonds. The normalized spacial score (nSPS) is 30.0. The van der Waals surface area contributed by atoms with Crippen LogP contribution in [0.4, 0.5) is 0 Å². The minimum atomic E-state index is 0.170. The molecule has 1 atom stereocenters. The first-order valence-corrected chi connectivity index (χ1v) is 3.76. The van der Waals surface area contributed by atoms with Gasteiger partial charge in [-0.15, -0.1) is 0 Å². The molecule has 0 bridgehead atoms. The summed E-state index contributed by atoms with van der Waals surface area (Å²) in [4.78, 5) is 10.4. The van der Waals surface area contributed by atoms with Gasteiger partial charge in [0.2, 0.25) is 0 Å². The van der Waals surface area contributed by atoms with Crippen LogP contribution in [-0.4, -0.2) is 6.29 Å². The molecule has 1 unspecified atom stereocenters. The quantitative estimate of drug-likeness (QED) is 0.401. The highest BCUT2D eigenvalue weighted by Crippen LogP contribution is 2.33. The summed E-state index contributed by atoms with van der Waals surface area (Å²) in [6.07, 6.45) is 7.28. The van der Waals surface area contributed by atoms with E-state index in [2.05, 4.69) is 19.9 Å². The summed E-state index contributed by atoms with van der Waals surface area (Å²) in [5.74, 6) is 0.170. The highest BCUT2D eigenvalue weighted by Gasteiger charge is 2.23. The predicted octanol–water partition coefficient (Wildman–Crippen LogP) is 2.18. The second-order valence-electron chi connectivity index (χ2n) is 3.80. The molecule has 0 radical (unpaired) electrons. The van der Waals surface area contributed by atoms with Crippen molar-refractivity contribution < 1.29 is 4.79 Å². The van der Waals surface area contributed by atoms with Crippen molar-refractivity contribution in [3.05, 3.63) is 12.2 Å². The van der Waals surface area contributed by atoms with E-state index in [1.165, 1.54) is 0 Å². The van der Waals surface area contributed by atoms with E-state index in [1.54, 1.807) is 0 Å². The number of hydrogen-bond donors (Lipinski definition) is 0. The molecule has 0 spiro atoms. The maximum Gasteiger partial charge on any atom is 0.126 e. The van der Waals surface area contributed by atoms with Gasteiger partial charge in [0.25, 0.3) is 0 Å². The Labute approximate surface area is 62.1 Å². The molecule has 0 saturated carbocycles. The Morgan fingerprint density at radius 1 is 1.60 bits per heavy atom. The molecule has 0 aromatic heterocycles. The molecule has 0 aromatic carbocycles. The van der Waals surface area contributed by atoms with E-state index in [4.69, 9.17) is 0 Å². The molecule has 0 heterocycles. The van der Waals surface area contributed by atoms with Crippen molar-refractivity contribution in [2.45, 2.75) is 26.7 Å². The van der Waals surface area contributed by atoms with Gasteiger partial charge in [-0.3, -0.25) is 0 Å². The Morgan fingerprint density at radius 3 is 2.70 bits per heavy atom. The average Bonchev–Trinajstić information content (AvgIpc) is 1.86. The van der Waals surface area contributed by atoms with Crippen molar-refractivity contribution in [1.29, 1.82) is 0 Å². The monoisotopic (exact) mass is 138 g/mol.